The molecule has 0 aliphatic rings. The first-order chi connectivity index (χ1) is 12.5. The first-order valence-electron chi connectivity index (χ1n) is 8.44. The fraction of sp³-hybridized carbons (Fsp3) is 0.333. The molecule has 1 heterocycles. The van der Waals surface area contributed by atoms with Crippen LogP contribution in [-0.2, 0) is 17.8 Å². The molecule has 0 bridgehead atoms. The van der Waals surface area contributed by atoms with E-state index in [4.69, 9.17) is 0 Å². The van der Waals surface area contributed by atoms with Crippen molar-refractivity contribution in [1.82, 2.24) is 15.0 Å². The summed E-state index contributed by atoms with van der Waals surface area (Å²) in [7, 11) is 0. The SMILES string of the molecule is CCCCC(=O)N/N=C/c1c(O)n(CCc2ccccc2)c(=O)[nH]c1=O. The number of aryl methyl sites for hydroxylation is 1. The molecule has 0 spiro atoms. The molecule has 0 fully saturated rings. The van der Waals surface area contributed by atoms with Gasteiger partial charge in [0.15, 0.2) is 0 Å². The first-order valence-corrected chi connectivity index (χ1v) is 8.44. The third kappa shape index (κ3) is 5.17. The van der Waals surface area contributed by atoms with Crippen molar-refractivity contribution >= 4 is 12.1 Å². The molecular formula is C18H22N4O4. The van der Waals surface area contributed by atoms with Gasteiger partial charge in [-0.3, -0.25) is 19.1 Å². The molecule has 1 amide bonds. The molecule has 0 atom stereocenters. The minimum atomic E-state index is -0.769. The molecule has 8 nitrogen and oxygen atoms in total. The van der Waals surface area contributed by atoms with Crippen molar-refractivity contribution in [2.45, 2.75) is 39.2 Å². The molecule has 138 valence electrons. The fourth-order valence-corrected chi connectivity index (χ4v) is 2.35. The van der Waals surface area contributed by atoms with Crippen LogP contribution in [0.1, 0.15) is 37.3 Å². The Bertz CT molecular complexity index is 884. The van der Waals surface area contributed by atoms with Gasteiger partial charge in [0.05, 0.1) is 6.21 Å². The van der Waals surface area contributed by atoms with E-state index < -0.39 is 17.1 Å². The fourth-order valence-electron chi connectivity index (χ4n) is 2.35. The van der Waals surface area contributed by atoms with Crippen LogP contribution in [0.3, 0.4) is 0 Å². The zero-order valence-corrected chi connectivity index (χ0v) is 14.6. The summed E-state index contributed by atoms with van der Waals surface area (Å²) in [4.78, 5) is 37.5. The topological polar surface area (TPSA) is 117 Å². The minimum Gasteiger partial charge on any atom is -0.494 e. The van der Waals surface area contributed by atoms with Gasteiger partial charge in [-0.25, -0.2) is 10.2 Å². The van der Waals surface area contributed by atoms with E-state index in [1.54, 1.807) is 0 Å². The molecule has 0 aliphatic carbocycles. The first kappa shape index (κ1) is 19.2. The number of hydrazone groups is 1. The highest BCUT2D eigenvalue weighted by Gasteiger charge is 2.12. The van der Waals surface area contributed by atoms with Gasteiger partial charge < -0.3 is 5.11 Å². The number of aromatic nitrogens is 2. The Kier molecular flexibility index (Phi) is 6.90. The molecule has 3 N–H and O–H groups in total. The van der Waals surface area contributed by atoms with Crippen molar-refractivity contribution in [1.29, 1.82) is 0 Å². The van der Waals surface area contributed by atoms with Crippen LogP contribution in [-0.4, -0.2) is 26.8 Å². The van der Waals surface area contributed by atoms with E-state index in [0.29, 0.717) is 12.8 Å². The lowest BCUT2D eigenvalue weighted by Crippen LogP contribution is -2.33. The Morgan fingerprint density at radius 3 is 2.73 bits per heavy atom. The average Bonchev–Trinajstić information content (AvgIpc) is 2.63. The number of nitrogens with one attached hydrogen (secondary N) is 2. The second-order valence-electron chi connectivity index (χ2n) is 5.78. The third-order valence-corrected chi connectivity index (χ3v) is 3.81. The molecule has 26 heavy (non-hydrogen) atoms. The molecule has 0 saturated carbocycles. The normalized spacial score (nSPS) is 11.0. The summed E-state index contributed by atoms with van der Waals surface area (Å²) >= 11 is 0. The van der Waals surface area contributed by atoms with Crippen LogP contribution >= 0.6 is 0 Å². The minimum absolute atomic E-state index is 0.187. The Hall–Kier alpha value is -3.16. The smallest absolute Gasteiger partial charge is 0.331 e. The molecule has 0 aliphatic heterocycles. The maximum atomic E-state index is 12.0. The summed E-state index contributed by atoms with van der Waals surface area (Å²) in [6.45, 7) is 2.15. The number of hydrogen-bond donors (Lipinski definition) is 3. The molecule has 0 radical (unpaired) electrons. The highest BCUT2D eigenvalue weighted by atomic mass is 16.3. The van der Waals surface area contributed by atoms with Gasteiger partial charge in [-0.05, 0) is 18.4 Å². The van der Waals surface area contributed by atoms with Gasteiger partial charge in [0.2, 0.25) is 11.8 Å². The van der Waals surface area contributed by atoms with Crippen molar-refractivity contribution in [2.75, 3.05) is 0 Å². The van der Waals surface area contributed by atoms with Crippen LogP contribution in [0.25, 0.3) is 0 Å². The maximum absolute atomic E-state index is 12.0. The molecule has 0 saturated heterocycles. The quantitative estimate of drug-likeness (QED) is 0.484. The molecule has 1 aromatic carbocycles. The average molecular weight is 358 g/mol. The summed E-state index contributed by atoms with van der Waals surface area (Å²) in [5, 5.41) is 14.0. The van der Waals surface area contributed by atoms with Crippen molar-refractivity contribution < 1.29 is 9.90 Å². The molecular weight excluding hydrogens is 336 g/mol. The zero-order chi connectivity index (χ0) is 18.9. The van der Waals surface area contributed by atoms with Crippen molar-refractivity contribution in [3.05, 3.63) is 62.3 Å². The summed E-state index contributed by atoms with van der Waals surface area (Å²) < 4.78 is 1.06. The molecule has 0 unspecified atom stereocenters. The van der Waals surface area contributed by atoms with Gasteiger partial charge in [-0.1, -0.05) is 43.7 Å². The van der Waals surface area contributed by atoms with E-state index in [-0.39, 0.29) is 18.0 Å². The van der Waals surface area contributed by atoms with E-state index in [9.17, 15) is 19.5 Å². The van der Waals surface area contributed by atoms with Crippen molar-refractivity contribution in [3.8, 4) is 5.88 Å². The number of carbonyl (C=O) groups excluding carboxylic acids is 1. The molecule has 2 aromatic rings. The van der Waals surface area contributed by atoms with E-state index in [0.717, 1.165) is 29.2 Å². The van der Waals surface area contributed by atoms with E-state index in [2.05, 4.69) is 15.5 Å². The largest absolute Gasteiger partial charge is 0.494 e. The van der Waals surface area contributed by atoms with Crippen LogP contribution in [0.5, 0.6) is 5.88 Å². The van der Waals surface area contributed by atoms with Crippen LogP contribution < -0.4 is 16.7 Å². The predicted molar refractivity (Wildman–Crippen MR) is 98.4 cm³/mol. The van der Waals surface area contributed by atoms with Gasteiger partial charge in [0.1, 0.15) is 5.56 Å². The van der Waals surface area contributed by atoms with E-state index in [1.807, 2.05) is 37.3 Å². The summed E-state index contributed by atoms with van der Waals surface area (Å²) in [5.41, 5.74) is 1.62. The lowest BCUT2D eigenvalue weighted by Gasteiger charge is -2.09. The number of aromatic amines is 1. The third-order valence-electron chi connectivity index (χ3n) is 3.81. The molecule has 2 rings (SSSR count). The molecule has 1 aromatic heterocycles. The second kappa shape index (κ2) is 9.36. The van der Waals surface area contributed by atoms with Gasteiger partial charge >= 0.3 is 5.69 Å². The highest BCUT2D eigenvalue weighted by molar-refractivity contribution is 5.83. The van der Waals surface area contributed by atoms with Gasteiger partial charge in [-0.15, -0.1) is 0 Å². The number of aromatic hydroxyl groups is 1. The number of carbonyl (C=O) groups is 1. The predicted octanol–water partition coefficient (Wildman–Crippen LogP) is 1.13. The standard InChI is InChI=1S/C18H22N4O4/c1-2-3-9-15(23)21-19-12-14-16(24)20-18(26)22(17(14)25)11-10-13-7-5-4-6-8-13/h4-8,12,25H,2-3,9-11H2,1H3,(H,21,23)(H,20,24,26)/b19-12+. The van der Waals surface area contributed by atoms with Gasteiger partial charge in [0.25, 0.3) is 5.56 Å². The van der Waals surface area contributed by atoms with Crippen LogP contribution in [0.4, 0.5) is 0 Å². The Labute approximate surface area is 150 Å². The number of rotatable bonds is 8. The highest BCUT2D eigenvalue weighted by Crippen LogP contribution is 2.09. The van der Waals surface area contributed by atoms with Crippen LogP contribution in [0, 0.1) is 0 Å². The maximum Gasteiger partial charge on any atom is 0.331 e. The Morgan fingerprint density at radius 1 is 1.31 bits per heavy atom. The van der Waals surface area contributed by atoms with E-state index >= 15 is 0 Å². The number of hydrogen-bond acceptors (Lipinski definition) is 5. The van der Waals surface area contributed by atoms with Crippen molar-refractivity contribution in [2.24, 2.45) is 5.10 Å². The van der Waals surface area contributed by atoms with E-state index in [1.165, 1.54) is 0 Å². The summed E-state index contributed by atoms with van der Waals surface area (Å²) in [5.74, 6) is -0.766. The number of nitrogens with zero attached hydrogens (tertiary/aromatic N) is 2. The monoisotopic (exact) mass is 358 g/mol. The molecule has 8 heteroatoms. The number of amides is 1. The number of unbranched alkanes of at least 4 members (excludes halogenated alkanes) is 1. The van der Waals surface area contributed by atoms with Crippen LogP contribution in [0.2, 0.25) is 0 Å². The van der Waals surface area contributed by atoms with Crippen LogP contribution in [0.15, 0.2) is 45.0 Å². The zero-order valence-electron chi connectivity index (χ0n) is 14.6. The van der Waals surface area contributed by atoms with Gasteiger partial charge in [-0.2, -0.15) is 5.10 Å². The van der Waals surface area contributed by atoms with Crippen molar-refractivity contribution in [3.63, 3.8) is 0 Å². The lowest BCUT2D eigenvalue weighted by molar-refractivity contribution is -0.121. The summed E-state index contributed by atoms with van der Waals surface area (Å²) in [6, 6.07) is 9.45. The second-order valence-corrected chi connectivity index (χ2v) is 5.78. The Balaban J connectivity index is 2.16. The number of H-pyrrole nitrogens is 1. The van der Waals surface area contributed by atoms with Gasteiger partial charge in [0, 0.05) is 13.0 Å². The summed E-state index contributed by atoms with van der Waals surface area (Å²) in [6.07, 6.45) is 3.48. The Morgan fingerprint density at radius 2 is 2.04 bits per heavy atom. The lowest BCUT2D eigenvalue weighted by atomic mass is 10.1. The number of benzene rings is 1.